The minimum Gasteiger partial charge on any atom is -0.497 e. The number of hydrogen-bond donors (Lipinski definition) is 0. The van der Waals surface area contributed by atoms with E-state index >= 15 is 0 Å². The summed E-state index contributed by atoms with van der Waals surface area (Å²) in [5.41, 5.74) is 7.42. The van der Waals surface area contributed by atoms with Crippen molar-refractivity contribution >= 4 is 50.5 Å². The van der Waals surface area contributed by atoms with Crippen LogP contribution in [0.3, 0.4) is 0 Å². The van der Waals surface area contributed by atoms with Crippen LogP contribution in [0.4, 0.5) is 0 Å². The second kappa shape index (κ2) is 10.9. The highest BCUT2D eigenvalue weighted by atomic mass is 16.5. The first-order chi connectivity index (χ1) is 20.5. The first-order valence-electron chi connectivity index (χ1n) is 13.8. The zero-order valence-electron chi connectivity index (χ0n) is 24.2. The third kappa shape index (κ3) is 4.31. The summed E-state index contributed by atoms with van der Waals surface area (Å²) >= 11 is 0. The zero-order valence-corrected chi connectivity index (χ0v) is 24.2. The number of benzene rings is 6. The summed E-state index contributed by atoms with van der Waals surface area (Å²) in [5, 5.41) is 6.45. The van der Waals surface area contributed by atoms with Crippen molar-refractivity contribution in [1.29, 1.82) is 0 Å². The highest BCUT2D eigenvalue weighted by Gasteiger charge is 2.17. The molecule has 0 aliphatic carbocycles. The van der Waals surface area contributed by atoms with Gasteiger partial charge in [0, 0.05) is 16.3 Å². The Balaban J connectivity index is 1.55. The van der Waals surface area contributed by atoms with Crippen molar-refractivity contribution in [3.63, 3.8) is 0 Å². The summed E-state index contributed by atoms with van der Waals surface area (Å²) in [6, 6.07) is 29.5. The maximum absolute atomic E-state index is 6.09. The molecule has 0 aliphatic heterocycles. The van der Waals surface area contributed by atoms with Gasteiger partial charge in [0.25, 0.3) is 0 Å². The molecule has 42 heavy (non-hydrogen) atoms. The van der Waals surface area contributed by atoms with Crippen molar-refractivity contribution in [1.82, 2.24) is 0 Å². The summed E-state index contributed by atoms with van der Waals surface area (Å²) in [6.45, 7) is 12.3. The Kier molecular flexibility index (Phi) is 7.02. The lowest BCUT2D eigenvalue weighted by Gasteiger charge is -2.18. The normalized spacial score (nSPS) is 11.0. The molecule has 0 heterocycles. The fourth-order valence-corrected chi connectivity index (χ4v) is 6.02. The van der Waals surface area contributed by atoms with Crippen molar-refractivity contribution < 1.29 is 14.2 Å². The van der Waals surface area contributed by atoms with E-state index < -0.39 is 0 Å². The minimum atomic E-state index is 0.815. The standard InChI is InChI=1S/C39H32O3/c1-7-24-11-19-38(41-5)35-13-10-26(23-37(24)35)32-15-18-36-34(30(32)9-3)17-16-33(39(36)42-6)27-20-25(8-2)31-14-12-29(40-4)22-28(31)21-27/h7-23H,1-3H2,4-6H3. The molecule has 6 aromatic rings. The smallest absolute Gasteiger partial charge is 0.134 e. The molecule has 206 valence electrons. The largest absolute Gasteiger partial charge is 0.497 e. The van der Waals surface area contributed by atoms with Crippen LogP contribution in [-0.4, -0.2) is 21.3 Å². The predicted octanol–water partition coefficient (Wildman–Crippen LogP) is 10.4. The molecule has 0 radical (unpaired) electrons. The van der Waals surface area contributed by atoms with Gasteiger partial charge in [-0.25, -0.2) is 0 Å². The highest BCUT2D eigenvalue weighted by molar-refractivity contribution is 6.06. The van der Waals surface area contributed by atoms with Crippen LogP contribution in [0, 0.1) is 0 Å². The van der Waals surface area contributed by atoms with Crippen LogP contribution in [0.15, 0.2) is 105 Å². The minimum absolute atomic E-state index is 0.815. The van der Waals surface area contributed by atoms with Gasteiger partial charge in [0.2, 0.25) is 0 Å². The lowest BCUT2D eigenvalue weighted by molar-refractivity contribution is 0.415. The molecule has 0 bridgehead atoms. The molecule has 0 saturated carbocycles. The van der Waals surface area contributed by atoms with Crippen molar-refractivity contribution in [3.05, 3.63) is 121 Å². The molecule has 0 spiro atoms. The highest BCUT2D eigenvalue weighted by Crippen LogP contribution is 2.43. The summed E-state index contributed by atoms with van der Waals surface area (Å²) in [7, 11) is 5.11. The topological polar surface area (TPSA) is 27.7 Å². The molecule has 3 nitrogen and oxygen atoms in total. The van der Waals surface area contributed by atoms with Crippen molar-refractivity contribution in [2.45, 2.75) is 0 Å². The van der Waals surface area contributed by atoms with E-state index in [4.69, 9.17) is 14.2 Å². The molecule has 3 heteroatoms. The zero-order chi connectivity index (χ0) is 29.4. The maximum Gasteiger partial charge on any atom is 0.134 e. The summed E-state index contributed by atoms with van der Waals surface area (Å²) in [6.07, 6.45) is 5.71. The van der Waals surface area contributed by atoms with Gasteiger partial charge in [-0.2, -0.15) is 0 Å². The second-order valence-corrected chi connectivity index (χ2v) is 10.2. The van der Waals surface area contributed by atoms with Crippen LogP contribution in [0.25, 0.3) is 72.8 Å². The van der Waals surface area contributed by atoms with Gasteiger partial charge in [-0.05, 0) is 103 Å². The van der Waals surface area contributed by atoms with Crippen molar-refractivity contribution in [2.24, 2.45) is 0 Å². The quantitative estimate of drug-likeness (QED) is 0.189. The average Bonchev–Trinajstić information content (AvgIpc) is 3.05. The Morgan fingerprint density at radius 3 is 1.95 bits per heavy atom. The molecule has 0 atom stereocenters. The predicted molar refractivity (Wildman–Crippen MR) is 180 cm³/mol. The van der Waals surface area contributed by atoms with E-state index in [1.165, 1.54) is 0 Å². The lowest BCUT2D eigenvalue weighted by Crippen LogP contribution is -1.94. The first kappa shape index (κ1) is 26.9. The molecule has 6 aromatic carbocycles. The number of hydrogen-bond acceptors (Lipinski definition) is 3. The van der Waals surface area contributed by atoms with Gasteiger partial charge in [0.1, 0.15) is 17.2 Å². The summed E-state index contributed by atoms with van der Waals surface area (Å²) in [4.78, 5) is 0. The fraction of sp³-hybridized carbons (Fsp3) is 0.0769. The second-order valence-electron chi connectivity index (χ2n) is 10.2. The maximum atomic E-state index is 6.09. The molecule has 0 unspecified atom stereocenters. The van der Waals surface area contributed by atoms with E-state index in [0.29, 0.717) is 0 Å². The molecule has 0 aliphatic rings. The lowest BCUT2D eigenvalue weighted by atomic mass is 9.89. The van der Waals surface area contributed by atoms with Gasteiger partial charge in [-0.15, -0.1) is 0 Å². The van der Waals surface area contributed by atoms with E-state index in [1.54, 1.807) is 21.3 Å². The van der Waals surface area contributed by atoms with Crippen molar-refractivity contribution in [3.8, 4) is 39.5 Å². The van der Waals surface area contributed by atoms with E-state index in [0.717, 1.165) is 88.5 Å². The Hall–Kier alpha value is -5.28. The molecular formula is C39H32O3. The average molecular weight is 549 g/mol. The molecule has 0 fully saturated rings. The molecule has 0 saturated heterocycles. The molecule has 0 amide bonds. The third-order valence-electron chi connectivity index (χ3n) is 8.09. The van der Waals surface area contributed by atoms with Crippen LogP contribution in [0.1, 0.15) is 16.7 Å². The molecule has 6 rings (SSSR count). The van der Waals surface area contributed by atoms with Crippen LogP contribution in [0.2, 0.25) is 0 Å². The van der Waals surface area contributed by atoms with Crippen LogP contribution < -0.4 is 14.2 Å². The number of rotatable bonds is 8. The first-order valence-corrected chi connectivity index (χ1v) is 13.8. The van der Waals surface area contributed by atoms with Crippen LogP contribution in [0.5, 0.6) is 17.2 Å². The molecule has 0 N–H and O–H groups in total. The molecular weight excluding hydrogens is 516 g/mol. The number of ether oxygens (including phenoxy) is 3. The van der Waals surface area contributed by atoms with Gasteiger partial charge in [0.05, 0.1) is 21.3 Å². The number of fused-ring (bicyclic) bond motifs is 3. The fourth-order valence-electron chi connectivity index (χ4n) is 6.02. The van der Waals surface area contributed by atoms with Crippen LogP contribution >= 0.6 is 0 Å². The van der Waals surface area contributed by atoms with Gasteiger partial charge >= 0.3 is 0 Å². The van der Waals surface area contributed by atoms with Gasteiger partial charge in [-0.3, -0.25) is 0 Å². The van der Waals surface area contributed by atoms with Crippen molar-refractivity contribution in [2.75, 3.05) is 21.3 Å². The Labute approximate surface area is 246 Å². The molecule has 0 aromatic heterocycles. The summed E-state index contributed by atoms with van der Waals surface area (Å²) < 4.78 is 17.2. The number of methoxy groups -OCH3 is 3. The van der Waals surface area contributed by atoms with Gasteiger partial charge < -0.3 is 14.2 Å². The Morgan fingerprint density at radius 1 is 0.500 bits per heavy atom. The third-order valence-corrected chi connectivity index (χ3v) is 8.09. The SMILES string of the molecule is C=Cc1cc(-c2ccc3c(C=C)c(-c4ccc5c(OC)ccc(C=C)c5c4)ccc3c2OC)cc2cc(OC)ccc12. The van der Waals surface area contributed by atoms with E-state index in [-0.39, 0.29) is 0 Å². The van der Waals surface area contributed by atoms with Gasteiger partial charge in [0.15, 0.2) is 0 Å². The van der Waals surface area contributed by atoms with Crippen LogP contribution in [-0.2, 0) is 0 Å². The van der Waals surface area contributed by atoms with E-state index in [2.05, 4.69) is 86.5 Å². The van der Waals surface area contributed by atoms with Gasteiger partial charge in [-0.1, -0.05) is 74.4 Å². The summed E-state index contributed by atoms with van der Waals surface area (Å²) in [5.74, 6) is 2.47. The van der Waals surface area contributed by atoms with E-state index in [9.17, 15) is 0 Å². The monoisotopic (exact) mass is 548 g/mol. The Bertz CT molecular complexity index is 2050. The Morgan fingerprint density at radius 2 is 1.24 bits per heavy atom. The van der Waals surface area contributed by atoms with E-state index in [1.807, 2.05) is 36.4 Å².